The first kappa shape index (κ1) is 17.1. The van der Waals surface area contributed by atoms with Crippen molar-refractivity contribution < 1.29 is 14.7 Å². The number of carbonyl (C=O) groups excluding carboxylic acids is 1. The van der Waals surface area contributed by atoms with Gasteiger partial charge in [-0.15, -0.1) is 0 Å². The maximum absolute atomic E-state index is 11.9. The molecule has 0 aliphatic carbocycles. The average Bonchev–Trinajstić information content (AvgIpc) is 2.91. The SMILES string of the molecule is O=C(CN1CCCC1C(=O)O)NCCc1cccc(Cl)c1Cl. The van der Waals surface area contributed by atoms with Crippen LogP contribution >= 0.6 is 23.2 Å². The normalized spacial score (nSPS) is 18.4. The lowest BCUT2D eigenvalue weighted by molar-refractivity contribution is -0.142. The number of benzene rings is 1. The highest BCUT2D eigenvalue weighted by atomic mass is 35.5. The van der Waals surface area contributed by atoms with Crippen LogP contribution in [0.3, 0.4) is 0 Å². The molecule has 5 nitrogen and oxygen atoms in total. The number of carboxylic acids is 1. The van der Waals surface area contributed by atoms with E-state index in [2.05, 4.69) is 5.32 Å². The number of carbonyl (C=O) groups is 2. The van der Waals surface area contributed by atoms with Gasteiger partial charge < -0.3 is 10.4 Å². The van der Waals surface area contributed by atoms with E-state index >= 15 is 0 Å². The molecule has 1 atom stereocenters. The molecule has 2 N–H and O–H groups in total. The van der Waals surface area contributed by atoms with Gasteiger partial charge >= 0.3 is 5.97 Å². The summed E-state index contributed by atoms with van der Waals surface area (Å²) in [6, 6.07) is 4.84. The van der Waals surface area contributed by atoms with Crippen molar-refractivity contribution in [3.05, 3.63) is 33.8 Å². The number of carboxylic acid groups (broad SMARTS) is 1. The molecule has 22 heavy (non-hydrogen) atoms. The summed E-state index contributed by atoms with van der Waals surface area (Å²) in [7, 11) is 0. The Morgan fingerprint density at radius 3 is 2.86 bits per heavy atom. The summed E-state index contributed by atoms with van der Waals surface area (Å²) in [5, 5.41) is 12.9. The molecular weight excluding hydrogens is 327 g/mol. The van der Waals surface area contributed by atoms with Crippen LogP contribution in [-0.4, -0.2) is 47.6 Å². The number of likely N-dealkylation sites (tertiary alicyclic amines) is 1. The zero-order chi connectivity index (χ0) is 16.1. The van der Waals surface area contributed by atoms with Gasteiger partial charge in [0.15, 0.2) is 0 Å². The van der Waals surface area contributed by atoms with E-state index in [0.29, 0.717) is 36.0 Å². The lowest BCUT2D eigenvalue weighted by atomic mass is 10.1. The van der Waals surface area contributed by atoms with Gasteiger partial charge in [0.2, 0.25) is 5.91 Å². The zero-order valence-electron chi connectivity index (χ0n) is 12.0. The van der Waals surface area contributed by atoms with Crippen LogP contribution in [0.5, 0.6) is 0 Å². The summed E-state index contributed by atoms with van der Waals surface area (Å²) in [5.74, 6) is -1.04. The average molecular weight is 345 g/mol. The fourth-order valence-electron chi connectivity index (χ4n) is 2.61. The van der Waals surface area contributed by atoms with E-state index in [9.17, 15) is 9.59 Å². The third-order valence-corrected chi connectivity index (χ3v) is 4.60. The minimum absolute atomic E-state index is 0.111. The number of nitrogens with zero attached hydrogens (tertiary/aromatic N) is 1. The molecule has 1 aliphatic rings. The quantitative estimate of drug-likeness (QED) is 0.829. The first-order valence-corrected chi connectivity index (χ1v) is 7.91. The Morgan fingerprint density at radius 1 is 1.36 bits per heavy atom. The van der Waals surface area contributed by atoms with Gasteiger partial charge in [0.1, 0.15) is 6.04 Å². The number of hydrogen-bond acceptors (Lipinski definition) is 3. The summed E-state index contributed by atoms with van der Waals surface area (Å²) in [5.41, 5.74) is 0.874. The predicted octanol–water partition coefficient (Wildman–Crippen LogP) is 2.20. The standard InChI is InChI=1S/C15H18Cl2N2O3/c16-11-4-1-3-10(14(11)17)6-7-18-13(20)9-19-8-2-5-12(19)15(21)22/h1,3-4,12H,2,5-9H2,(H,18,20)(H,21,22). The third-order valence-electron chi connectivity index (χ3n) is 3.74. The maximum atomic E-state index is 11.9. The van der Waals surface area contributed by atoms with E-state index in [1.807, 2.05) is 12.1 Å². The smallest absolute Gasteiger partial charge is 0.320 e. The highest BCUT2D eigenvalue weighted by Gasteiger charge is 2.31. The van der Waals surface area contributed by atoms with E-state index in [1.165, 1.54) is 0 Å². The van der Waals surface area contributed by atoms with Gasteiger partial charge in [-0.2, -0.15) is 0 Å². The van der Waals surface area contributed by atoms with E-state index < -0.39 is 12.0 Å². The first-order chi connectivity index (χ1) is 10.5. The molecule has 1 heterocycles. The van der Waals surface area contributed by atoms with Crippen molar-refractivity contribution in [2.75, 3.05) is 19.6 Å². The minimum atomic E-state index is -0.865. The van der Waals surface area contributed by atoms with Gasteiger partial charge in [0.05, 0.1) is 16.6 Å². The van der Waals surface area contributed by atoms with E-state index in [-0.39, 0.29) is 12.5 Å². The van der Waals surface area contributed by atoms with Gasteiger partial charge in [0, 0.05) is 6.54 Å². The van der Waals surface area contributed by atoms with Crippen molar-refractivity contribution in [1.82, 2.24) is 10.2 Å². The number of aliphatic carboxylic acids is 1. The van der Waals surface area contributed by atoms with Crippen molar-refractivity contribution in [2.24, 2.45) is 0 Å². The third kappa shape index (κ3) is 4.35. The van der Waals surface area contributed by atoms with Crippen molar-refractivity contribution in [3.63, 3.8) is 0 Å². The highest BCUT2D eigenvalue weighted by Crippen LogP contribution is 2.25. The van der Waals surface area contributed by atoms with Crippen molar-refractivity contribution in [2.45, 2.75) is 25.3 Å². The lowest BCUT2D eigenvalue weighted by Gasteiger charge is -2.20. The Kier molecular flexibility index (Phi) is 6.06. The molecular formula is C15H18Cl2N2O3. The topological polar surface area (TPSA) is 69.6 Å². The van der Waals surface area contributed by atoms with E-state index in [1.54, 1.807) is 11.0 Å². The van der Waals surface area contributed by atoms with Gasteiger partial charge in [0.25, 0.3) is 0 Å². The van der Waals surface area contributed by atoms with Crippen LogP contribution in [0.1, 0.15) is 18.4 Å². The summed E-state index contributed by atoms with van der Waals surface area (Å²) in [6.07, 6.45) is 1.98. The Bertz CT molecular complexity index is 566. The molecule has 1 amide bonds. The molecule has 1 fully saturated rings. The van der Waals surface area contributed by atoms with Crippen LogP contribution in [0.25, 0.3) is 0 Å². The van der Waals surface area contributed by atoms with Gasteiger partial charge in [-0.1, -0.05) is 35.3 Å². The van der Waals surface area contributed by atoms with Crippen LogP contribution in [0, 0.1) is 0 Å². The molecule has 1 aromatic rings. The summed E-state index contributed by atoms with van der Waals surface area (Å²) in [6.45, 7) is 1.19. The van der Waals surface area contributed by atoms with Gasteiger partial charge in [-0.05, 0) is 37.4 Å². The molecule has 120 valence electrons. The Hall–Kier alpha value is -1.30. The molecule has 0 spiro atoms. The molecule has 1 unspecified atom stereocenters. The van der Waals surface area contributed by atoms with Crippen LogP contribution in [0.2, 0.25) is 10.0 Å². The summed E-state index contributed by atoms with van der Waals surface area (Å²) in [4.78, 5) is 24.7. The van der Waals surface area contributed by atoms with Crippen LogP contribution < -0.4 is 5.32 Å². The van der Waals surface area contributed by atoms with Crippen LogP contribution in [-0.2, 0) is 16.0 Å². The van der Waals surface area contributed by atoms with E-state index in [0.717, 1.165) is 12.0 Å². The second kappa shape index (κ2) is 7.81. The Labute approximate surface area is 139 Å². The molecule has 1 aromatic carbocycles. The molecule has 1 saturated heterocycles. The number of halogens is 2. The monoisotopic (exact) mass is 344 g/mol. The predicted molar refractivity (Wildman–Crippen MR) is 85.4 cm³/mol. The molecule has 1 aliphatic heterocycles. The maximum Gasteiger partial charge on any atom is 0.320 e. The fraction of sp³-hybridized carbons (Fsp3) is 0.467. The number of hydrogen-bond donors (Lipinski definition) is 2. The summed E-state index contributed by atoms with van der Waals surface area (Å²) < 4.78 is 0. The van der Waals surface area contributed by atoms with Crippen molar-refractivity contribution >= 4 is 35.1 Å². The molecule has 0 bridgehead atoms. The second-order valence-corrected chi connectivity index (χ2v) is 6.06. The van der Waals surface area contributed by atoms with Crippen molar-refractivity contribution in [1.29, 1.82) is 0 Å². The number of nitrogens with one attached hydrogen (secondary N) is 1. The molecule has 7 heteroatoms. The largest absolute Gasteiger partial charge is 0.480 e. The van der Waals surface area contributed by atoms with E-state index in [4.69, 9.17) is 28.3 Å². The number of rotatable bonds is 6. The molecule has 0 radical (unpaired) electrons. The molecule has 0 saturated carbocycles. The molecule has 2 rings (SSSR count). The van der Waals surface area contributed by atoms with Crippen LogP contribution in [0.4, 0.5) is 0 Å². The Morgan fingerprint density at radius 2 is 2.14 bits per heavy atom. The lowest BCUT2D eigenvalue weighted by Crippen LogP contribution is -2.43. The van der Waals surface area contributed by atoms with Gasteiger partial charge in [-0.25, -0.2) is 0 Å². The Balaban J connectivity index is 1.78. The second-order valence-electron chi connectivity index (χ2n) is 5.28. The van der Waals surface area contributed by atoms with Gasteiger partial charge in [-0.3, -0.25) is 14.5 Å². The minimum Gasteiger partial charge on any atom is -0.480 e. The molecule has 0 aromatic heterocycles. The fourth-order valence-corrected chi connectivity index (χ4v) is 3.03. The zero-order valence-corrected chi connectivity index (χ0v) is 13.5. The first-order valence-electron chi connectivity index (χ1n) is 7.15. The summed E-state index contributed by atoms with van der Waals surface area (Å²) >= 11 is 12.0. The highest BCUT2D eigenvalue weighted by molar-refractivity contribution is 6.42. The van der Waals surface area contributed by atoms with Crippen molar-refractivity contribution in [3.8, 4) is 0 Å². The van der Waals surface area contributed by atoms with Crippen LogP contribution in [0.15, 0.2) is 18.2 Å². The number of amides is 1.